The lowest BCUT2D eigenvalue weighted by molar-refractivity contribution is -0.122. The third kappa shape index (κ3) is 3.15. The molecule has 2 aliphatic rings. The summed E-state index contributed by atoms with van der Waals surface area (Å²) in [5.41, 5.74) is -0.188. The zero-order valence-corrected chi connectivity index (χ0v) is 12.0. The minimum Gasteiger partial charge on any atom is -0.343 e. The highest BCUT2D eigenvalue weighted by molar-refractivity contribution is 7.09. The Morgan fingerprint density at radius 1 is 1.42 bits per heavy atom. The van der Waals surface area contributed by atoms with Crippen LogP contribution in [0.15, 0.2) is 11.6 Å². The second kappa shape index (κ2) is 5.59. The lowest BCUT2D eigenvalue weighted by atomic mass is 9.98. The molecule has 104 valence electrons. The summed E-state index contributed by atoms with van der Waals surface area (Å²) in [7, 11) is 0. The number of nitrogens with one attached hydrogen (secondary N) is 2. The first kappa shape index (κ1) is 13.1. The van der Waals surface area contributed by atoms with E-state index in [0.717, 1.165) is 30.3 Å². The van der Waals surface area contributed by atoms with Crippen molar-refractivity contribution in [3.63, 3.8) is 0 Å². The average Bonchev–Trinajstić information content (AvgIpc) is 2.91. The molecule has 0 saturated heterocycles. The van der Waals surface area contributed by atoms with Gasteiger partial charge in [0.1, 0.15) is 5.01 Å². The maximum atomic E-state index is 12.1. The first-order valence-electron chi connectivity index (χ1n) is 7.20. The standard InChI is InChI=1S/C14H21N3OS/c18-12(10-15-9-11-3-4-11)17-14(5-1-2-6-14)13-16-7-8-19-13/h7-8,11,15H,1-6,9-10H2,(H,17,18). The van der Waals surface area contributed by atoms with Crippen LogP contribution in [-0.2, 0) is 10.3 Å². The molecule has 0 unspecified atom stereocenters. The molecule has 1 aromatic rings. The third-order valence-electron chi connectivity index (χ3n) is 4.09. The van der Waals surface area contributed by atoms with Crippen molar-refractivity contribution in [1.82, 2.24) is 15.6 Å². The Labute approximate surface area is 118 Å². The van der Waals surface area contributed by atoms with Crippen LogP contribution in [0.25, 0.3) is 0 Å². The van der Waals surface area contributed by atoms with Crippen LogP contribution in [0.4, 0.5) is 0 Å². The molecule has 0 aromatic carbocycles. The maximum absolute atomic E-state index is 12.1. The van der Waals surface area contributed by atoms with E-state index in [4.69, 9.17) is 0 Å². The van der Waals surface area contributed by atoms with Gasteiger partial charge in [-0.25, -0.2) is 4.98 Å². The van der Waals surface area contributed by atoms with Crippen molar-refractivity contribution in [1.29, 1.82) is 0 Å². The van der Waals surface area contributed by atoms with Crippen LogP contribution in [0.3, 0.4) is 0 Å². The van der Waals surface area contributed by atoms with Crippen LogP contribution in [0.1, 0.15) is 43.5 Å². The molecule has 2 saturated carbocycles. The minimum atomic E-state index is -0.188. The van der Waals surface area contributed by atoms with Gasteiger partial charge in [-0.1, -0.05) is 12.8 Å². The predicted molar refractivity (Wildman–Crippen MR) is 76.0 cm³/mol. The van der Waals surface area contributed by atoms with Crippen LogP contribution in [0.2, 0.25) is 0 Å². The van der Waals surface area contributed by atoms with Gasteiger partial charge in [-0.2, -0.15) is 0 Å². The molecule has 0 radical (unpaired) electrons. The summed E-state index contributed by atoms with van der Waals surface area (Å²) in [5, 5.41) is 9.55. The topological polar surface area (TPSA) is 54.0 Å². The van der Waals surface area contributed by atoms with Gasteiger partial charge >= 0.3 is 0 Å². The molecule has 0 spiro atoms. The second-order valence-corrected chi connectivity index (χ2v) is 6.64. The summed E-state index contributed by atoms with van der Waals surface area (Å²) >= 11 is 1.65. The lowest BCUT2D eigenvalue weighted by Crippen LogP contribution is -2.47. The normalized spacial score (nSPS) is 21.5. The fourth-order valence-electron chi connectivity index (χ4n) is 2.85. The molecule has 2 aliphatic carbocycles. The van der Waals surface area contributed by atoms with E-state index in [0.29, 0.717) is 6.54 Å². The van der Waals surface area contributed by atoms with Gasteiger partial charge < -0.3 is 10.6 Å². The zero-order chi connectivity index (χ0) is 13.1. The maximum Gasteiger partial charge on any atom is 0.234 e. The Morgan fingerprint density at radius 2 is 2.21 bits per heavy atom. The molecule has 2 N–H and O–H groups in total. The molecular weight excluding hydrogens is 258 g/mol. The quantitative estimate of drug-likeness (QED) is 0.838. The highest BCUT2D eigenvalue weighted by Gasteiger charge is 2.39. The van der Waals surface area contributed by atoms with E-state index >= 15 is 0 Å². The second-order valence-electron chi connectivity index (χ2n) is 5.75. The Morgan fingerprint density at radius 3 is 2.84 bits per heavy atom. The summed E-state index contributed by atoms with van der Waals surface area (Å²) in [5.74, 6) is 0.921. The fourth-order valence-corrected chi connectivity index (χ4v) is 3.71. The van der Waals surface area contributed by atoms with Gasteiger partial charge in [-0.15, -0.1) is 11.3 Å². The van der Waals surface area contributed by atoms with Gasteiger partial charge in [0.15, 0.2) is 0 Å². The molecule has 1 amide bonds. The summed E-state index contributed by atoms with van der Waals surface area (Å²) in [6, 6.07) is 0. The van der Waals surface area contributed by atoms with E-state index in [1.807, 2.05) is 11.6 Å². The molecule has 3 rings (SSSR count). The van der Waals surface area contributed by atoms with Crippen LogP contribution < -0.4 is 10.6 Å². The molecule has 1 aromatic heterocycles. The van der Waals surface area contributed by atoms with Gasteiger partial charge in [-0.3, -0.25) is 4.79 Å². The van der Waals surface area contributed by atoms with E-state index in [1.165, 1.54) is 25.7 Å². The van der Waals surface area contributed by atoms with E-state index in [1.54, 1.807) is 11.3 Å². The summed E-state index contributed by atoms with van der Waals surface area (Å²) in [6.07, 6.45) is 8.86. The largest absolute Gasteiger partial charge is 0.343 e. The Hall–Kier alpha value is -0.940. The number of carbonyl (C=O) groups excluding carboxylic acids is 1. The monoisotopic (exact) mass is 279 g/mol. The number of hydrogen-bond acceptors (Lipinski definition) is 4. The summed E-state index contributed by atoms with van der Waals surface area (Å²) < 4.78 is 0. The molecule has 1 heterocycles. The number of amides is 1. The van der Waals surface area contributed by atoms with Gasteiger partial charge in [-0.05, 0) is 38.1 Å². The molecule has 5 heteroatoms. The van der Waals surface area contributed by atoms with Crippen molar-refractivity contribution in [2.24, 2.45) is 5.92 Å². The van der Waals surface area contributed by atoms with Crippen molar-refractivity contribution in [3.8, 4) is 0 Å². The molecular formula is C14H21N3OS. The van der Waals surface area contributed by atoms with E-state index in [2.05, 4.69) is 15.6 Å². The molecule has 2 fully saturated rings. The van der Waals surface area contributed by atoms with Crippen LogP contribution in [0.5, 0.6) is 0 Å². The molecule has 0 atom stereocenters. The number of carbonyl (C=O) groups is 1. The molecule has 0 aliphatic heterocycles. The van der Waals surface area contributed by atoms with Crippen molar-refractivity contribution in [2.45, 2.75) is 44.1 Å². The Bertz CT molecular complexity index is 422. The van der Waals surface area contributed by atoms with Crippen LogP contribution in [0, 0.1) is 5.92 Å². The highest BCUT2D eigenvalue weighted by Crippen LogP contribution is 2.39. The molecule has 4 nitrogen and oxygen atoms in total. The molecule has 19 heavy (non-hydrogen) atoms. The number of nitrogens with zero attached hydrogens (tertiary/aromatic N) is 1. The number of hydrogen-bond donors (Lipinski definition) is 2. The van der Waals surface area contributed by atoms with Gasteiger partial charge in [0.25, 0.3) is 0 Å². The summed E-state index contributed by atoms with van der Waals surface area (Å²) in [4.78, 5) is 16.5. The first-order chi connectivity index (χ1) is 9.28. The predicted octanol–water partition coefficient (Wildman–Crippen LogP) is 2.03. The van der Waals surface area contributed by atoms with E-state index in [9.17, 15) is 4.79 Å². The first-order valence-corrected chi connectivity index (χ1v) is 8.08. The summed E-state index contributed by atoms with van der Waals surface area (Å²) in [6.45, 7) is 1.42. The van der Waals surface area contributed by atoms with E-state index in [-0.39, 0.29) is 11.4 Å². The fraction of sp³-hybridized carbons (Fsp3) is 0.714. The lowest BCUT2D eigenvalue weighted by Gasteiger charge is -2.28. The SMILES string of the molecule is O=C(CNCC1CC1)NC1(c2nccs2)CCCC1. The zero-order valence-electron chi connectivity index (χ0n) is 11.2. The number of thiazole rings is 1. The average molecular weight is 279 g/mol. The third-order valence-corrected chi connectivity index (χ3v) is 5.07. The van der Waals surface area contributed by atoms with E-state index < -0.39 is 0 Å². The number of aromatic nitrogens is 1. The van der Waals surface area contributed by atoms with Gasteiger partial charge in [0.2, 0.25) is 5.91 Å². The van der Waals surface area contributed by atoms with Crippen molar-refractivity contribution in [3.05, 3.63) is 16.6 Å². The molecule has 0 bridgehead atoms. The Kier molecular flexibility index (Phi) is 3.84. The van der Waals surface area contributed by atoms with Gasteiger partial charge in [0.05, 0.1) is 12.1 Å². The van der Waals surface area contributed by atoms with Crippen molar-refractivity contribution < 1.29 is 4.79 Å². The minimum absolute atomic E-state index is 0.109. The Balaban J connectivity index is 1.56. The van der Waals surface area contributed by atoms with Crippen LogP contribution >= 0.6 is 11.3 Å². The van der Waals surface area contributed by atoms with Gasteiger partial charge in [0, 0.05) is 11.6 Å². The number of rotatable bonds is 6. The smallest absolute Gasteiger partial charge is 0.234 e. The highest BCUT2D eigenvalue weighted by atomic mass is 32.1. The van der Waals surface area contributed by atoms with Crippen LogP contribution in [-0.4, -0.2) is 24.0 Å². The van der Waals surface area contributed by atoms with Crippen molar-refractivity contribution in [2.75, 3.05) is 13.1 Å². The van der Waals surface area contributed by atoms with Crippen molar-refractivity contribution >= 4 is 17.2 Å².